The highest BCUT2D eigenvalue weighted by atomic mass is 79.9. The Hall–Kier alpha value is -1.74. The van der Waals surface area contributed by atoms with E-state index in [0.29, 0.717) is 23.3 Å². The lowest BCUT2D eigenvalue weighted by Crippen LogP contribution is -2.32. The molecule has 0 bridgehead atoms. The van der Waals surface area contributed by atoms with Crippen molar-refractivity contribution in [3.8, 4) is 17.6 Å². The first-order chi connectivity index (χ1) is 9.28. The van der Waals surface area contributed by atoms with Gasteiger partial charge in [-0.05, 0) is 54.8 Å². The van der Waals surface area contributed by atoms with Gasteiger partial charge < -0.3 is 15.2 Å². The van der Waals surface area contributed by atoms with E-state index >= 15 is 0 Å². The summed E-state index contributed by atoms with van der Waals surface area (Å²) in [6, 6.07) is 3.14. The molecule has 20 heavy (non-hydrogen) atoms. The average molecular weight is 341 g/mol. The number of alkyl carbamates (subject to hydrolysis) is 1. The van der Waals surface area contributed by atoms with Crippen LogP contribution in [-0.2, 0) is 4.74 Å². The Morgan fingerprint density at radius 3 is 2.85 bits per heavy atom. The molecule has 0 atom stereocenters. The first kappa shape index (κ1) is 16.3. The lowest BCUT2D eigenvalue weighted by atomic mass is 10.2. The van der Waals surface area contributed by atoms with Crippen molar-refractivity contribution in [1.29, 1.82) is 0 Å². The first-order valence-corrected chi connectivity index (χ1v) is 6.88. The number of aromatic hydroxyl groups is 1. The Kier molecular flexibility index (Phi) is 5.83. The molecule has 108 valence electrons. The van der Waals surface area contributed by atoms with Crippen LogP contribution < -0.4 is 5.32 Å². The molecule has 1 aromatic heterocycles. The fourth-order valence-corrected chi connectivity index (χ4v) is 1.52. The third kappa shape index (κ3) is 6.43. The molecule has 1 heterocycles. The van der Waals surface area contributed by atoms with E-state index in [2.05, 4.69) is 38.1 Å². The lowest BCUT2D eigenvalue weighted by Gasteiger charge is -2.19. The monoisotopic (exact) mass is 340 g/mol. The van der Waals surface area contributed by atoms with Gasteiger partial charge in [-0.15, -0.1) is 0 Å². The summed E-state index contributed by atoms with van der Waals surface area (Å²) in [5.74, 6) is 5.60. The Labute approximate surface area is 126 Å². The molecular formula is C14H17BrN2O3. The molecule has 1 rings (SSSR count). The number of pyridine rings is 1. The van der Waals surface area contributed by atoms with Crippen molar-refractivity contribution in [3.05, 3.63) is 22.4 Å². The van der Waals surface area contributed by atoms with Crippen LogP contribution in [0.15, 0.2) is 16.7 Å². The van der Waals surface area contributed by atoms with Crippen LogP contribution in [0.1, 0.15) is 32.9 Å². The van der Waals surface area contributed by atoms with Gasteiger partial charge in [0.25, 0.3) is 0 Å². The van der Waals surface area contributed by atoms with E-state index in [1.807, 2.05) is 0 Å². The summed E-state index contributed by atoms with van der Waals surface area (Å²) in [4.78, 5) is 15.4. The Morgan fingerprint density at radius 2 is 2.20 bits per heavy atom. The van der Waals surface area contributed by atoms with Crippen molar-refractivity contribution in [2.45, 2.75) is 32.8 Å². The van der Waals surface area contributed by atoms with Crippen molar-refractivity contribution < 1.29 is 14.6 Å². The highest BCUT2D eigenvalue weighted by Gasteiger charge is 2.15. The van der Waals surface area contributed by atoms with Gasteiger partial charge in [0.2, 0.25) is 0 Å². The second kappa shape index (κ2) is 7.15. The van der Waals surface area contributed by atoms with Gasteiger partial charge in [0.1, 0.15) is 16.0 Å². The summed E-state index contributed by atoms with van der Waals surface area (Å²) in [5, 5.41) is 12.1. The molecule has 0 fully saturated rings. The SMILES string of the molecule is CC(C)(C)OC(=O)NCCC#Cc1nc(Br)ccc1O. The Balaban J connectivity index is 2.40. The zero-order chi connectivity index (χ0) is 15.2. The highest BCUT2D eigenvalue weighted by Crippen LogP contribution is 2.16. The molecule has 6 heteroatoms. The molecule has 0 aliphatic rings. The quantitative estimate of drug-likeness (QED) is 0.493. The molecule has 5 nitrogen and oxygen atoms in total. The van der Waals surface area contributed by atoms with Crippen molar-refractivity contribution in [2.75, 3.05) is 6.54 Å². The number of nitrogens with one attached hydrogen (secondary N) is 1. The molecule has 1 amide bonds. The minimum absolute atomic E-state index is 0.0285. The summed E-state index contributed by atoms with van der Waals surface area (Å²) in [7, 11) is 0. The van der Waals surface area contributed by atoms with Crippen molar-refractivity contribution in [3.63, 3.8) is 0 Å². The van der Waals surface area contributed by atoms with Crippen LogP contribution in [0.25, 0.3) is 0 Å². The van der Waals surface area contributed by atoms with Gasteiger partial charge in [-0.25, -0.2) is 9.78 Å². The lowest BCUT2D eigenvalue weighted by molar-refractivity contribution is 0.0529. The molecule has 0 aliphatic carbocycles. The molecule has 0 spiro atoms. The summed E-state index contributed by atoms with van der Waals surface area (Å²) in [6.07, 6.45) is -0.0323. The highest BCUT2D eigenvalue weighted by molar-refractivity contribution is 9.10. The van der Waals surface area contributed by atoms with Gasteiger partial charge in [0.15, 0.2) is 5.69 Å². The van der Waals surface area contributed by atoms with Crippen LogP contribution >= 0.6 is 15.9 Å². The van der Waals surface area contributed by atoms with E-state index in [9.17, 15) is 9.90 Å². The third-order valence-electron chi connectivity index (χ3n) is 1.96. The van der Waals surface area contributed by atoms with Gasteiger partial charge in [-0.1, -0.05) is 5.92 Å². The number of amides is 1. The second-order valence-electron chi connectivity index (χ2n) is 4.98. The predicted octanol–water partition coefficient (Wildman–Crippen LogP) is 2.82. The number of halogens is 1. The standard InChI is InChI=1S/C14H17BrN2O3/c1-14(2,3)20-13(19)16-9-5-4-6-10-11(18)7-8-12(15)17-10/h7-8,18H,5,9H2,1-3H3,(H,16,19). The van der Waals surface area contributed by atoms with Gasteiger partial charge in [-0.2, -0.15) is 0 Å². The summed E-state index contributed by atoms with van der Waals surface area (Å²) >= 11 is 3.20. The smallest absolute Gasteiger partial charge is 0.407 e. The van der Waals surface area contributed by atoms with Crippen LogP contribution in [-0.4, -0.2) is 28.3 Å². The van der Waals surface area contributed by atoms with Crippen molar-refractivity contribution >= 4 is 22.0 Å². The molecular weight excluding hydrogens is 324 g/mol. The molecule has 2 N–H and O–H groups in total. The van der Waals surface area contributed by atoms with Crippen molar-refractivity contribution in [2.24, 2.45) is 0 Å². The fourth-order valence-electron chi connectivity index (χ4n) is 1.21. The number of hydrogen-bond donors (Lipinski definition) is 2. The topological polar surface area (TPSA) is 71.5 Å². The van der Waals surface area contributed by atoms with E-state index < -0.39 is 11.7 Å². The normalized spacial score (nSPS) is 10.4. The largest absolute Gasteiger partial charge is 0.505 e. The number of ether oxygens (including phenoxy) is 1. The van der Waals surface area contributed by atoms with Crippen LogP contribution in [0.3, 0.4) is 0 Å². The molecule has 0 saturated heterocycles. The Bertz CT molecular complexity index is 542. The number of carbonyl (C=O) groups is 1. The van der Waals surface area contributed by atoms with Gasteiger partial charge in [-0.3, -0.25) is 0 Å². The van der Waals surface area contributed by atoms with Crippen LogP contribution in [0.2, 0.25) is 0 Å². The van der Waals surface area contributed by atoms with Gasteiger partial charge in [0, 0.05) is 13.0 Å². The second-order valence-corrected chi connectivity index (χ2v) is 5.79. The molecule has 0 aliphatic heterocycles. The minimum Gasteiger partial charge on any atom is -0.505 e. The zero-order valence-corrected chi connectivity index (χ0v) is 13.2. The molecule has 0 aromatic carbocycles. The Morgan fingerprint density at radius 1 is 1.50 bits per heavy atom. The predicted molar refractivity (Wildman–Crippen MR) is 79.3 cm³/mol. The first-order valence-electron chi connectivity index (χ1n) is 6.09. The number of aromatic nitrogens is 1. The van der Waals surface area contributed by atoms with Crippen LogP contribution in [0, 0.1) is 11.8 Å². The minimum atomic E-state index is -0.512. The molecule has 0 saturated carbocycles. The van der Waals surface area contributed by atoms with Gasteiger partial charge >= 0.3 is 6.09 Å². The van der Waals surface area contributed by atoms with E-state index in [0.717, 1.165) is 0 Å². The third-order valence-corrected chi connectivity index (χ3v) is 2.41. The maximum Gasteiger partial charge on any atom is 0.407 e. The zero-order valence-electron chi connectivity index (χ0n) is 11.7. The maximum atomic E-state index is 11.4. The molecule has 0 radical (unpaired) electrons. The van der Waals surface area contributed by atoms with Crippen LogP contribution in [0.5, 0.6) is 5.75 Å². The number of carbonyl (C=O) groups excluding carboxylic acids is 1. The fraction of sp³-hybridized carbons (Fsp3) is 0.429. The van der Waals surface area contributed by atoms with Crippen LogP contribution in [0.4, 0.5) is 4.79 Å². The van der Waals surface area contributed by atoms with E-state index in [4.69, 9.17) is 4.74 Å². The van der Waals surface area contributed by atoms with E-state index in [1.54, 1.807) is 26.8 Å². The summed E-state index contributed by atoms with van der Waals surface area (Å²) in [6.45, 7) is 5.77. The van der Waals surface area contributed by atoms with E-state index in [-0.39, 0.29) is 5.75 Å². The summed E-state index contributed by atoms with van der Waals surface area (Å²) in [5.41, 5.74) is -0.210. The van der Waals surface area contributed by atoms with Crippen molar-refractivity contribution in [1.82, 2.24) is 10.3 Å². The number of hydrogen-bond acceptors (Lipinski definition) is 4. The molecule has 0 unspecified atom stereocenters. The summed E-state index contributed by atoms with van der Waals surface area (Å²) < 4.78 is 5.68. The molecule has 1 aromatic rings. The average Bonchev–Trinajstić information content (AvgIpc) is 2.30. The maximum absolute atomic E-state index is 11.4. The van der Waals surface area contributed by atoms with Gasteiger partial charge in [0.05, 0.1) is 0 Å². The van der Waals surface area contributed by atoms with E-state index in [1.165, 1.54) is 6.07 Å². The number of nitrogens with zero attached hydrogens (tertiary/aromatic N) is 1. The number of rotatable bonds is 2.